The zero-order valence-corrected chi connectivity index (χ0v) is 4.91. The van der Waals surface area contributed by atoms with Crippen molar-refractivity contribution in [2.45, 2.75) is 19.3 Å². The third-order valence-corrected chi connectivity index (χ3v) is 1.40. The van der Waals surface area contributed by atoms with Crippen molar-refractivity contribution in [1.82, 2.24) is 0 Å². The Morgan fingerprint density at radius 2 is 1.44 bits per heavy atom. The quantitative estimate of drug-likeness (QED) is 0.375. The lowest BCUT2D eigenvalue weighted by atomic mass is 10.3. The first-order valence-electron chi connectivity index (χ1n) is 2.80. The van der Waals surface area contributed by atoms with Crippen molar-refractivity contribution < 1.29 is 10.4 Å². The molecule has 0 bridgehead atoms. The normalized spacial score (nSPS) is 28.0. The molecule has 0 atom stereocenters. The van der Waals surface area contributed by atoms with E-state index in [1.807, 2.05) is 0 Å². The van der Waals surface area contributed by atoms with Crippen LogP contribution >= 0.6 is 0 Å². The molecule has 0 aromatic rings. The molecule has 0 aromatic heterocycles. The second kappa shape index (κ2) is 2.48. The van der Waals surface area contributed by atoms with Gasteiger partial charge >= 0.3 is 0 Å². The van der Waals surface area contributed by atoms with Crippen molar-refractivity contribution >= 4 is 11.4 Å². The summed E-state index contributed by atoms with van der Waals surface area (Å²) in [6.07, 6.45) is 2.35. The van der Waals surface area contributed by atoms with Crippen LogP contribution in [0.5, 0.6) is 0 Å². The Hall–Kier alpha value is -1.06. The van der Waals surface area contributed by atoms with Crippen molar-refractivity contribution in [2.75, 3.05) is 0 Å². The number of hydrogen-bond acceptors (Lipinski definition) is 4. The van der Waals surface area contributed by atoms with E-state index in [9.17, 15) is 0 Å². The standard InChI is InChI=1S/C5H8N2O2/c8-6-4-2-1-3-5(4)7-9/h8-9H,1-3H2/b6-4-,7-5-. The summed E-state index contributed by atoms with van der Waals surface area (Å²) < 4.78 is 0. The monoisotopic (exact) mass is 128 g/mol. The highest BCUT2D eigenvalue weighted by Crippen LogP contribution is 2.11. The average molecular weight is 128 g/mol. The fourth-order valence-corrected chi connectivity index (χ4v) is 0.927. The summed E-state index contributed by atoms with van der Waals surface area (Å²) in [5.74, 6) is 0. The fourth-order valence-electron chi connectivity index (χ4n) is 0.927. The molecule has 0 heterocycles. The molecule has 9 heavy (non-hydrogen) atoms. The van der Waals surface area contributed by atoms with Crippen molar-refractivity contribution in [3.05, 3.63) is 0 Å². The second-order valence-electron chi connectivity index (χ2n) is 1.95. The van der Waals surface area contributed by atoms with Gasteiger partial charge in [-0.1, -0.05) is 10.3 Å². The molecule has 0 radical (unpaired) electrons. The fraction of sp³-hybridized carbons (Fsp3) is 0.600. The molecule has 0 saturated heterocycles. The highest BCUT2D eigenvalue weighted by atomic mass is 16.4. The highest BCUT2D eigenvalue weighted by Gasteiger charge is 2.17. The van der Waals surface area contributed by atoms with Crippen LogP contribution < -0.4 is 0 Å². The Balaban J connectivity index is 2.75. The molecule has 1 rings (SSSR count). The third kappa shape index (κ3) is 1.01. The summed E-state index contributed by atoms with van der Waals surface area (Å²) in [4.78, 5) is 0. The highest BCUT2D eigenvalue weighted by molar-refractivity contribution is 6.43. The number of rotatable bonds is 0. The largest absolute Gasteiger partial charge is 0.411 e. The number of hydrogen-bond donors (Lipinski definition) is 2. The van der Waals surface area contributed by atoms with Gasteiger partial charge in [-0.2, -0.15) is 0 Å². The average Bonchev–Trinajstić information content (AvgIpc) is 2.33. The number of nitrogens with zero attached hydrogens (tertiary/aromatic N) is 2. The summed E-state index contributed by atoms with van der Waals surface area (Å²) >= 11 is 0. The molecule has 0 aliphatic heterocycles. The van der Waals surface area contributed by atoms with Gasteiger partial charge in [0, 0.05) is 0 Å². The van der Waals surface area contributed by atoms with E-state index in [0.717, 1.165) is 19.3 Å². The van der Waals surface area contributed by atoms with Gasteiger partial charge < -0.3 is 10.4 Å². The van der Waals surface area contributed by atoms with Gasteiger partial charge in [-0.3, -0.25) is 0 Å². The second-order valence-corrected chi connectivity index (χ2v) is 1.95. The van der Waals surface area contributed by atoms with Crippen LogP contribution in [0.3, 0.4) is 0 Å². The van der Waals surface area contributed by atoms with Crippen LogP contribution in [-0.4, -0.2) is 21.8 Å². The van der Waals surface area contributed by atoms with Gasteiger partial charge in [0.25, 0.3) is 0 Å². The van der Waals surface area contributed by atoms with Crippen molar-refractivity contribution in [3.8, 4) is 0 Å². The van der Waals surface area contributed by atoms with E-state index in [2.05, 4.69) is 10.3 Å². The molecule has 4 heteroatoms. The lowest BCUT2D eigenvalue weighted by Crippen LogP contribution is -2.04. The van der Waals surface area contributed by atoms with E-state index in [0.29, 0.717) is 11.4 Å². The molecular weight excluding hydrogens is 120 g/mol. The number of oxime groups is 2. The Bertz CT molecular complexity index is 144. The van der Waals surface area contributed by atoms with E-state index in [-0.39, 0.29) is 0 Å². The van der Waals surface area contributed by atoms with Crippen LogP contribution in [0.4, 0.5) is 0 Å². The summed E-state index contributed by atoms with van der Waals surface area (Å²) in [6, 6.07) is 0. The Morgan fingerprint density at radius 1 is 1.00 bits per heavy atom. The molecule has 2 N–H and O–H groups in total. The van der Waals surface area contributed by atoms with Crippen molar-refractivity contribution in [2.24, 2.45) is 10.3 Å². The minimum Gasteiger partial charge on any atom is -0.411 e. The summed E-state index contributed by atoms with van der Waals surface area (Å²) in [5, 5.41) is 22.5. The lowest BCUT2D eigenvalue weighted by molar-refractivity contribution is 0.313. The maximum atomic E-state index is 8.26. The summed E-state index contributed by atoms with van der Waals surface area (Å²) in [5.41, 5.74) is 1.02. The van der Waals surface area contributed by atoms with E-state index >= 15 is 0 Å². The van der Waals surface area contributed by atoms with Crippen LogP contribution in [0.2, 0.25) is 0 Å². The van der Waals surface area contributed by atoms with Gasteiger partial charge in [-0.05, 0) is 19.3 Å². The van der Waals surface area contributed by atoms with Crippen LogP contribution in [0.25, 0.3) is 0 Å². The van der Waals surface area contributed by atoms with Gasteiger partial charge in [0.2, 0.25) is 0 Å². The predicted molar refractivity (Wildman–Crippen MR) is 32.3 cm³/mol. The SMILES string of the molecule is O/N=C1/CCC/C1=N/O. The third-order valence-electron chi connectivity index (χ3n) is 1.40. The minimum atomic E-state index is 0.512. The Morgan fingerprint density at radius 3 is 1.78 bits per heavy atom. The molecule has 0 spiro atoms. The maximum Gasteiger partial charge on any atom is 0.104 e. The Labute approximate surface area is 52.5 Å². The van der Waals surface area contributed by atoms with Gasteiger partial charge in [-0.15, -0.1) is 0 Å². The molecule has 1 aliphatic rings. The van der Waals surface area contributed by atoms with Gasteiger partial charge in [0.15, 0.2) is 0 Å². The molecule has 0 aromatic carbocycles. The van der Waals surface area contributed by atoms with E-state index in [4.69, 9.17) is 10.4 Å². The smallest absolute Gasteiger partial charge is 0.104 e. The zero-order valence-electron chi connectivity index (χ0n) is 4.91. The van der Waals surface area contributed by atoms with Gasteiger partial charge in [-0.25, -0.2) is 0 Å². The molecule has 0 amide bonds. The summed E-state index contributed by atoms with van der Waals surface area (Å²) in [7, 11) is 0. The molecular formula is C5H8N2O2. The maximum absolute atomic E-state index is 8.26. The molecule has 0 unspecified atom stereocenters. The van der Waals surface area contributed by atoms with Crippen LogP contribution in [-0.2, 0) is 0 Å². The molecule has 50 valence electrons. The topological polar surface area (TPSA) is 65.2 Å². The molecule has 1 aliphatic carbocycles. The van der Waals surface area contributed by atoms with E-state index in [1.54, 1.807) is 0 Å². The van der Waals surface area contributed by atoms with Crippen LogP contribution in [0.1, 0.15) is 19.3 Å². The lowest BCUT2D eigenvalue weighted by Gasteiger charge is -1.88. The predicted octanol–water partition coefficient (Wildman–Crippen LogP) is 0.831. The molecule has 4 nitrogen and oxygen atoms in total. The van der Waals surface area contributed by atoms with Crippen molar-refractivity contribution in [3.63, 3.8) is 0 Å². The Kier molecular flexibility index (Phi) is 1.67. The minimum absolute atomic E-state index is 0.512. The first-order chi connectivity index (χ1) is 4.38. The summed E-state index contributed by atoms with van der Waals surface area (Å²) in [6.45, 7) is 0. The van der Waals surface area contributed by atoms with E-state index in [1.165, 1.54) is 0 Å². The molecule has 1 saturated carbocycles. The van der Waals surface area contributed by atoms with Crippen LogP contribution in [0, 0.1) is 0 Å². The van der Waals surface area contributed by atoms with Gasteiger partial charge in [0.05, 0.1) is 0 Å². The first kappa shape index (κ1) is 6.07. The van der Waals surface area contributed by atoms with Gasteiger partial charge in [0.1, 0.15) is 11.4 Å². The van der Waals surface area contributed by atoms with E-state index < -0.39 is 0 Å². The van der Waals surface area contributed by atoms with Crippen LogP contribution in [0.15, 0.2) is 10.3 Å². The zero-order chi connectivity index (χ0) is 6.69. The van der Waals surface area contributed by atoms with Crippen molar-refractivity contribution in [1.29, 1.82) is 0 Å². The molecule has 1 fully saturated rings. The first-order valence-corrected chi connectivity index (χ1v) is 2.80.